The van der Waals surface area contributed by atoms with Crippen LogP contribution >= 0.6 is 0 Å². The number of hydrogen-bond donors (Lipinski definition) is 2. The number of halogens is 1. The minimum atomic E-state index is -0.415. The summed E-state index contributed by atoms with van der Waals surface area (Å²) in [5.41, 5.74) is 0.583. The first kappa shape index (κ1) is 12.0. The van der Waals surface area contributed by atoms with Crippen LogP contribution in [0.3, 0.4) is 0 Å². The van der Waals surface area contributed by atoms with Crippen LogP contribution in [0.5, 0.6) is 5.75 Å². The molecular weight excluding hydrogens is 251 g/mol. The first-order chi connectivity index (χ1) is 9.19. The summed E-state index contributed by atoms with van der Waals surface area (Å²) in [5, 5.41) is 3.35. The molecule has 5 nitrogen and oxygen atoms in total. The van der Waals surface area contributed by atoms with Gasteiger partial charge in [0.25, 0.3) is 5.91 Å². The van der Waals surface area contributed by atoms with Crippen LogP contribution in [0.4, 0.5) is 4.39 Å². The molecule has 6 heteroatoms. The summed E-state index contributed by atoms with van der Waals surface area (Å²) in [7, 11) is 1.51. The summed E-state index contributed by atoms with van der Waals surface area (Å²) in [6.07, 6.45) is 0. The fraction of sp³-hybridized carbons (Fsp3) is 0.308. The second-order valence-corrected chi connectivity index (χ2v) is 4.43. The molecule has 19 heavy (non-hydrogen) atoms. The molecule has 3 rings (SSSR count). The Bertz CT molecular complexity index is 634. The molecule has 0 unspecified atom stereocenters. The Hall–Kier alpha value is -2.08. The van der Waals surface area contributed by atoms with Crippen molar-refractivity contribution >= 4 is 16.8 Å². The number of carbonyl (C=O) groups excluding carboxylic acids is 1. The Morgan fingerprint density at radius 2 is 2.32 bits per heavy atom. The average Bonchev–Trinajstić information content (AvgIpc) is 2.80. The number of fused-ring (bicyclic) bond motifs is 1. The summed E-state index contributed by atoms with van der Waals surface area (Å²) in [4.78, 5) is 14.8. The van der Waals surface area contributed by atoms with E-state index >= 15 is 0 Å². The largest absolute Gasteiger partial charge is 0.496 e. The standard InChI is InChI=1S/C13H13FN2O3/c1-18-11-3-2-9(14)12-8(11)4-10(16-12)13(17)15-7-5-19-6-7/h2-4,7,16H,5-6H2,1H3,(H,15,17). The summed E-state index contributed by atoms with van der Waals surface area (Å²) in [6, 6.07) is 4.46. The smallest absolute Gasteiger partial charge is 0.268 e. The van der Waals surface area contributed by atoms with Crippen molar-refractivity contribution in [3.8, 4) is 5.75 Å². The van der Waals surface area contributed by atoms with Crippen molar-refractivity contribution < 1.29 is 18.7 Å². The Balaban J connectivity index is 1.96. The zero-order chi connectivity index (χ0) is 13.4. The van der Waals surface area contributed by atoms with Gasteiger partial charge in [0.1, 0.15) is 17.3 Å². The van der Waals surface area contributed by atoms with E-state index in [1.165, 1.54) is 19.2 Å². The first-order valence-electron chi connectivity index (χ1n) is 5.93. The number of carbonyl (C=O) groups is 1. The number of rotatable bonds is 3. The van der Waals surface area contributed by atoms with Crippen LogP contribution in [0.25, 0.3) is 10.9 Å². The molecule has 100 valence electrons. The number of aromatic amines is 1. The van der Waals surface area contributed by atoms with E-state index in [0.29, 0.717) is 30.0 Å². The van der Waals surface area contributed by atoms with E-state index in [-0.39, 0.29) is 17.5 Å². The zero-order valence-corrected chi connectivity index (χ0v) is 10.3. The van der Waals surface area contributed by atoms with Gasteiger partial charge in [-0.1, -0.05) is 0 Å². The maximum absolute atomic E-state index is 13.7. The van der Waals surface area contributed by atoms with Crippen molar-refractivity contribution in [2.75, 3.05) is 20.3 Å². The molecule has 0 atom stereocenters. The molecule has 1 amide bonds. The van der Waals surface area contributed by atoms with E-state index in [2.05, 4.69) is 10.3 Å². The highest BCUT2D eigenvalue weighted by Gasteiger charge is 2.22. The van der Waals surface area contributed by atoms with Crippen molar-refractivity contribution in [1.82, 2.24) is 10.3 Å². The number of aromatic nitrogens is 1. The van der Waals surface area contributed by atoms with Gasteiger partial charge in [0.05, 0.1) is 31.9 Å². The molecule has 0 bridgehead atoms. The molecule has 0 radical (unpaired) electrons. The SMILES string of the molecule is COc1ccc(F)c2[nH]c(C(=O)NC3COC3)cc12. The number of methoxy groups -OCH3 is 1. The molecule has 1 aromatic carbocycles. The van der Waals surface area contributed by atoms with Crippen molar-refractivity contribution in [1.29, 1.82) is 0 Å². The average molecular weight is 264 g/mol. The highest BCUT2D eigenvalue weighted by Crippen LogP contribution is 2.28. The quantitative estimate of drug-likeness (QED) is 0.881. The molecule has 2 aromatic rings. The van der Waals surface area contributed by atoms with Crippen molar-refractivity contribution in [3.05, 3.63) is 29.7 Å². The van der Waals surface area contributed by atoms with Crippen LogP contribution < -0.4 is 10.1 Å². The van der Waals surface area contributed by atoms with Crippen LogP contribution in [0.15, 0.2) is 18.2 Å². The third kappa shape index (κ3) is 2.04. The Morgan fingerprint density at radius 3 is 2.95 bits per heavy atom. The second kappa shape index (κ2) is 4.55. The molecule has 1 fully saturated rings. The second-order valence-electron chi connectivity index (χ2n) is 4.43. The van der Waals surface area contributed by atoms with Crippen molar-refractivity contribution in [2.24, 2.45) is 0 Å². The van der Waals surface area contributed by atoms with E-state index in [1.54, 1.807) is 6.07 Å². The highest BCUT2D eigenvalue weighted by atomic mass is 19.1. The van der Waals surface area contributed by atoms with E-state index in [9.17, 15) is 9.18 Å². The Kier molecular flexibility index (Phi) is 2.87. The number of amides is 1. The number of nitrogens with one attached hydrogen (secondary N) is 2. The lowest BCUT2D eigenvalue weighted by molar-refractivity contribution is -0.00353. The molecule has 1 aromatic heterocycles. The normalized spacial score (nSPS) is 15.3. The number of ether oxygens (including phenoxy) is 2. The van der Waals surface area contributed by atoms with Gasteiger partial charge in [0.2, 0.25) is 0 Å². The predicted molar refractivity (Wildman–Crippen MR) is 66.9 cm³/mol. The topological polar surface area (TPSA) is 63.4 Å². The molecule has 0 saturated carbocycles. The third-order valence-corrected chi connectivity index (χ3v) is 3.14. The lowest BCUT2D eigenvalue weighted by Crippen LogP contribution is -2.48. The molecule has 1 saturated heterocycles. The van der Waals surface area contributed by atoms with Crippen LogP contribution in [0.2, 0.25) is 0 Å². The van der Waals surface area contributed by atoms with E-state index in [4.69, 9.17) is 9.47 Å². The van der Waals surface area contributed by atoms with Gasteiger partial charge in [-0.2, -0.15) is 0 Å². The number of hydrogen-bond acceptors (Lipinski definition) is 3. The fourth-order valence-electron chi connectivity index (χ4n) is 2.04. The van der Waals surface area contributed by atoms with Crippen LogP contribution in [-0.4, -0.2) is 37.3 Å². The Morgan fingerprint density at radius 1 is 1.53 bits per heavy atom. The van der Waals surface area contributed by atoms with Gasteiger partial charge in [-0.3, -0.25) is 4.79 Å². The fourth-order valence-corrected chi connectivity index (χ4v) is 2.04. The minimum Gasteiger partial charge on any atom is -0.496 e. The summed E-state index contributed by atoms with van der Waals surface area (Å²) in [5.74, 6) is -0.161. The first-order valence-corrected chi connectivity index (χ1v) is 5.93. The molecule has 0 spiro atoms. The van der Waals surface area contributed by atoms with Crippen LogP contribution in [0, 0.1) is 5.82 Å². The minimum absolute atomic E-state index is 0.0330. The maximum Gasteiger partial charge on any atom is 0.268 e. The maximum atomic E-state index is 13.7. The van der Waals surface area contributed by atoms with Gasteiger partial charge >= 0.3 is 0 Å². The third-order valence-electron chi connectivity index (χ3n) is 3.14. The monoisotopic (exact) mass is 264 g/mol. The summed E-state index contributed by atoms with van der Waals surface area (Å²) >= 11 is 0. The molecule has 2 heterocycles. The summed E-state index contributed by atoms with van der Waals surface area (Å²) < 4.78 is 23.8. The lowest BCUT2D eigenvalue weighted by Gasteiger charge is -2.26. The highest BCUT2D eigenvalue weighted by molar-refractivity contribution is 6.00. The number of benzene rings is 1. The number of H-pyrrole nitrogens is 1. The van der Waals surface area contributed by atoms with Gasteiger partial charge in [0, 0.05) is 5.39 Å². The zero-order valence-electron chi connectivity index (χ0n) is 10.3. The van der Waals surface area contributed by atoms with E-state index in [0.717, 1.165) is 0 Å². The van der Waals surface area contributed by atoms with Gasteiger partial charge in [-0.05, 0) is 18.2 Å². The Labute approximate surface area is 108 Å². The van der Waals surface area contributed by atoms with Gasteiger partial charge < -0.3 is 19.8 Å². The predicted octanol–water partition coefficient (Wildman–Crippen LogP) is 1.44. The molecule has 0 aliphatic carbocycles. The molecule has 1 aliphatic rings. The summed E-state index contributed by atoms with van der Waals surface area (Å²) in [6.45, 7) is 1.04. The van der Waals surface area contributed by atoms with E-state index < -0.39 is 5.82 Å². The lowest BCUT2D eigenvalue weighted by atomic mass is 10.2. The van der Waals surface area contributed by atoms with Crippen LogP contribution in [-0.2, 0) is 4.74 Å². The molecule has 2 N–H and O–H groups in total. The molecule has 1 aliphatic heterocycles. The van der Waals surface area contributed by atoms with Gasteiger partial charge in [-0.15, -0.1) is 0 Å². The molecular formula is C13H13FN2O3. The van der Waals surface area contributed by atoms with Crippen molar-refractivity contribution in [2.45, 2.75) is 6.04 Å². The van der Waals surface area contributed by atoms with E-state index in [1.807, 2.05) is 0 Å². The van der Waals surface area contributed by atoms with Gasteiger partial charge in [-0.25, -0.2) is 4.39 Å². The van der Waals surface area contributed by atoms with Crippen molar-refractivity contribution in [3.63, 3.8) is 0 Å². The van der Waals surface area contributed by atoms with Crippen LogP contribution in [0.1, 0.15) is 10.5 Å². The van der Waals surface area contributed by atoms with Gasteiger partial charge in [0.15, 0.2) is 0 Å².